The largest absolute Gasteiger partial charge is 0.336 e. The molecular formula is C29H23FN8O. The molecule has 1 fully saturated rings. The second kappa shape index (κ2) is 9.09. The summed E-state index contributed by atoms with van der Waals surface area (Å²) in [6.07, 6.45) is 9.71. The summed E-state index contributed by atoms with van der Waals surface area (Å²) in [5.74, 6) is 0.350. The number of hydrogen-bond donors (Lipinski definition) is 3. The Morgan fingerprint density at radius 2 is 1.90 bits per heavy atom. The number of aromatic amines is 2. The molecular weight excluding hydrogens is 495 g/mol. The third-order valence-electron chi connectivity index (χ3n) is 7.17. The second-order valence-electron chi connectivity index (χ2n) is 9.93. The highest BCUT2D eigenvalue weighted by molar-refractivity contribution is 5.97. The number of hydrogen-bond acceptors (Lipinski definition) is 6. The predicted molar refractivity (Wildman–Crippen MR) is 146 cm³/mol. The second-order valence-corrected chi connectivity index (χ2v) is 9.93. The highest BCUT2D eigenvalue weighted by Crippen LogP contribution is 2.33. The van der Waals surface area contributed by atoms with Crippen LogP contribution in [0.3, 0.4) is 0 Å². The number of aryl methyl sites for hydroxylation is 1. The highest BCUT2D eigenvalue weighted by Gasteiger charge is 2.25. The molecule has 0 aliphatic heterocycles. The first-order valence-corrected chi connectivity index (χ1v) is 12.7. The molecule has 1 aliphatic carbocycles. The summed E-state index contributed by atoms with van der Waals surface area (Å²) in [5.41, 5.74) is 6.91. The Bertz CT molecular complexity index is 1870. The molecule has 0 radical (unpaired) electrons. The number of halogens is 1. The zero-order valence-electron chi connectivity index (χ0n) is 21.0. The maximum Gasteiger partial charge on any atom is 0.227 e. The van der Waals surface area contributed by atoms with E-state index in [0.717, 1.165) is 46.8 Å². The lowest BCUT2D eigenvalue weighted by molar-refractivity contribution is -0.122. The Labute approximate surface area is 222 Å². The molecule has 0 bridgehead atoms. The van der Waals surface area contributed by atoms with Crippen molar-refractivity contribution in [3.63, 3.8) is 0 Å². The van der Waals surface area contributed by atoms with Crippen LogP contribution in [0.2, 0.25) is 0 Å². The van der Waals surface area contributed by atoms with E-state index in [-0.39, 0.29) is 17.6 Å². The monoisotopic (exact) mass is 518 g/mol. The molecule has 192 valence electrons. The fraction of sp³-hybridized carbons (Fsp3) is 0.172. The summed E-state index contributed by atoms with van der Waals surface area (Å²) in [7, 11) is 0. The standard InChI is InChI=1S/C29H23FN8O/c1-15-7-17(9-19(30)8-15)25-27-22(5-6-32-25)35-28(36-27)26-21-11-23(33-14-24(21)37-38-26)18-10-20(13-31-12-18)34-29(39)16-3-2-4-16/h5-14,16H,2-4H2,1H3,(H,34,39)(H,35,36)(H,37,38). The molecule has 1 amide bonds. The number of carbonyl (C=O) groups is 1. The molecule has 0 atom stereocenters. The minimum atomic E-state index is -0.320. The van der Waals surface area contributed by atoms with Gasteiger partial charge in [0.15, 0.2) is 5.82 Å². The van der Waals surface area contributed by atoms with Crippen LogP contribution >= 0.6 is 0 Å². The Kier molecular flexibility index (Phi) is 5.39. The first-order valence-electron chi connectivity index (χ1n) is 12.7. The van der Waals surface area contributed by atoms with E-state index in [0.29, 0.717) is 39.7 Å². The maximum atomic E-state index is 14.1. The number of pyridine rings is 3. The number of fused-ring (bicyclic) bond motifs is 2. The van der Waals surface area contributed by atoms with Gasteiger partial charge in [0, 0.05) is 34.8 Å². The first kappa shape index (κ1) is 23.2. The summed E-state index contributed by atoms with van der Waals surface area (Å²) in [6, 6.07) is 10.5. The zero-order valence-corrected chi connectivity index (χ0v) is 21.0. The molecule has 7 rings (SSSR count). The lowest BCUT2D eigenvalue weighted by Gasteiger charge is -2.24. The molecule has 0 unspecified atom stereocenters. The number of nitrogens with one attached hydrogen (secondary N) is 3. The first-order chi connectivity index (χ1) is 19.0. The number of benzene rings is 1. The minimum Gasteiger partial charge on any atom is -0.336 e. The summed E-state index contributed by atoms with van der Waals surface area (Å²) in [5, 5.41) is 11.3. The molecule has 10 heteroatoms. The Hall–Kier alpha value is -4.99. The van der Waals surface area contributed by atoms with Crippen LogP contribution in [0, 0.1) is 18.7 Å². The van der Waals surface area contributed by atoms with Crippen molar-refractivity contribution in [3.8, 4) is 34.0 Å². The molecule has 0 spiro atoms. The summed E-state index contributed by atoms with van der Waals surface area (Å²) < 4.78 is 14.1. The molecule has 1 saturated carbocycles. The Morgan fingerprint density at radius 3 is 2.72 bits per heavy atom. The average Bonchev–Trinajstić information content (AvgIpc) is 3.50. The van der Waals surface area contributed by atoms with Crippen LogP contribution in [-0.2, 0) is 4.79 Å². The van der Waals surface area contributed by atoms with Gasteiger partial charge in [0.05, 0.1) is 40.5 Å². The fourth-order valence-electron chi connectivity index (χ4n) is 4.95. The summed E-state index contributed by atoms with van der Waals surface area (Å²) >= 11 is 0. The van der Waals surface area contributed by atoms with Crippen molar-refractivity contribution in [2.24, 2.45) is 5.92 Å². The van der Waals surface area contributed by atoms with E-state index >= 15 is 0 Å². The smallest absolute Gasteiger partial charge is 0.227 e. The predicted octanol–water partition coefficient (Wildman–Crippen LogP) is 5.81. The lowest BCUT2D eigenvalue weighted by Crippen LogP contribution is -2.28. The normalized spacial score (nSPS) is 13.6. The number of amides is 1. The number of nitrogens with zero attached hydrogens (tertiary/aromatic N) is 5. The number of aromatic nitrogens is 7. The fourth-order valence-corrected chi connectivity index (χ4v) is 4.95. The van der Waals surface area contributed by atoms with E-state index in [4.69, 9.17) is 4.98 Å². The maximum absolute atomic E-state index is 14.1. The van der Waals surface area contributed by atoms with E-state index < -0.39 is 0 Å². The third-order valence-corrected chi connectivity index (χ3v) is 7.17. The van der Waals surface area contributed by atoms with Gasteiger partial charge in [0.1, 0.15) is 17.0 Å². The quantitative estimate of drug-likeness (QED) is 0.264. The SMILES string of the molecule is Cc1cc(F)cc(-c2nccc3[nH]c(-c4n[nH]c5cnc(-c6cncc(NC(=O)C7CCC7)c6)cc45)nc23)c1. The molecule has 0 saturated heterocycles. The third kappa shape index (κ3) is 4.19. The zero-order chi connectivity index (χ0) is 26.5. The van der Waals surface area contributed by atoms with Crippen LogP contribution in [0.5, 0.6) is 0 Å². The van der Waals surface area contributed by atoms with E-state index in [1.54, 1.807) is 24.8 Å². The number of imidazole rings is 1. The number of carbonyl (C=O) groups excluding carboxylic acids is 1. The van der Waals surface area contributed by atoms with Gasteiger partial charge in [-0.3, -0.25) is 24.8 Å². The van der Waals surface area contributed by atoms with Crippen LogP contribution in [-0.4, -0.2) is 41.0 Å². The van der Waals surface area contributed by atoms with E-state index in [1.807, 2.05) is 31.2 Å². The van der Waals surface area contributed by atoms with Crippen LogP contribution in [0.1, 0.15) is 24.8 Å². The molecule has 3 N–H and O–H groups in total. The van der Waals surface area contributed by atoms with Gasteiger partial charge in [0.2, 0.25) is 5.91 Å². The van der Waals surface area contributed by atoms with Gasteiger partial charge >= 0.3 is 0 Å². The molecule has 6 aromatic rings. The van der Waals surface area contributed by atoms with Crippen LogP contribution in [0.25, 0.3) is 56.0 Å². The lowest BCUT2D eigenvalue weighted by atomic mass is 9.85. The molecule has 9 nitrogen and oxygen atoms in total. The Balaban J connectivity index is 1.27. The van der Waals surface area contributed by atoms with Crippen LogP contribution in [0.15, 0.2) is 61.2 Å². The van der Waals surface area contributed by atoms with Crippen molar-refractivity contribution in [3.05, 3.63) is 72.6 Å². The van der Waals surface area contributed by atoms with E-state index in [2.05, 4.69) is 35.5 Å². The number of rotatable bonds is 5. The molecule has 1 aliphatic rings. The Morgan fingerprint density at radius 1 is 1.00 bits per heavy atom. The molecule has 5 heterocycles. The van der Waals surface area contributed by atoms with E-state index in [9.17, 15) is 9.18 Å². The van der Waals surface area contributed by atoms with Gasteiger partial charge < -0.3 is 10.3 Å². The minimum absolute atomic E-state index is 0.0351. The van der Waals surface area contributed by atoms with Gasteiger partial charge in [-0.1, -0.05) is 6.42 Å². The number of H-pyrrole nitrogens is 2. The van der Waals surface area contributed by atoms with E-state index in [1.165, 1.54) is 12.1 Å². The van der Waals surface area contributed by atoms with Crippen molar-refractivity contribution in [2.75, 3.05) is 5.32 Å². The van der Waals surface area contributed by atoms with Crippen LogP contribution < -0.4 is 5.32 Å². The van der Waals surface area contributed by atoms with Gasteiger partial charge in [-0.15, -0.1) is 0 Å². The summed E-state index contributed by atoms with van der Waals surface area (Å²) in [4.78, 5) is 33.9. The average molecular weight is 519 g/mol. The van der Waals surface area contributed by atoms with Gasteiger partial charge in [0.25, 0.3) is 0 Å². The van der Waals surface area contributed by atoms with Crippen molar-refractivity contribution in [1.82, 2.24) is 35.1 Å². The van der Waals surface area contributed by atoms with Gasteiger partial charge in [-0.25, -0.2) is 9.37 Å². The molecule has 39 heavy (non-hydrogen) atoms. The van der Waals surface area contributed by atoms with Crippen molar-refractivity contribution < 1.29 is 9.18 Å². The van der Waals surface area contributed by atoms with Gasteiger partial charge in [-0.05, 0) is 61.7 Å². The highest BCUT2D eigenvalue weighted by atomic mass is 19.1. The van der Waals surface area contributed by atoms with Crippen molar-refractivity contribution >= 4 is 33.5 Å². The molecule has 1 aromatic carbocycles. The molecule has 5 aromatic heterocycles. The van der Waals surface area contributed by atoms with Crippen molar-refractivity contribution in [2.45, 2.75) is 26.2 Å². The topological polar surface area (TPSA) is 125 Å². The van der Waals surface area contributed by atoms with Crippen molar-refractivity contribution in [1.29, 1.82) is 0 Å². The number of anilines is 1. The van der Waals surface area contributed by atoms with Crippen LogP contribution in [0.4, 0.5) is 10.1 Å². The summed E-state index contributed by atoms with van der Waals surface area (Å²) in [6.45, 7) is 1.84. The van der Waals surface area contributed by atoms with Gasteiger partial charge in [-0.2, -0.15) is 5.10 Å².